The second-order valence-corrected chi connectivity index (χ2v) is 7.52. The van der Waals surface area contributed by atoms with Gasteiger partial charge in [-0.3, -0.25) is 4.68 Å². The van der Waals surface area contributed by atoms with E-state index in [-0.39, 0.29) is 17.9 Å². The van der Waals surface area contributed by atoms with Crippen molar-refractivity contribution in [3.63, 3.8) is 0 Å². The SMILES string of the molecule is O=C(N/N=C(/Cn1ccc(C(F)(F)F)n1)c1cccc(Br)c1)Nc1ccc(OC(F)(F)F)cc1. The lowest BCUT2D eigenvalue weighted by molar-refractivity contribution is -0.274. The number of nitrogens with zero attached hydrogens (tertiary/aromatic N) is 3. The molecule has 0 unspecified atom stereocenters. The smallest absolute Gasteiger partial charge is 0.406 e. The average molecular weight is 550 g/mol. The zero-order valence-electron chi connectivity index (χ0n) is 16.8. The maximum absolute atomic E-state index is 12.8. The quantitative estimate of drug-likeness (QED) is 0.232. The number of halogens is 7. The van der Waals surface area contributed by atoms with Crippen molar-refractivity contribution in [2.24, 2.45) is 5.10 Å². The Morgan fingerprint density at radius 3 is 2.35 bits per heavy atom. The van der Waals surface area contributed by atoms with E-state index in [0.29, 0.717) is 10.0 Å². The van der Waals surface area contributed by atoms with E-state index in [9.17, 15) is 31.1 Å². The van der Waals surface area contributed by atoms with E-state index in [1.54, 1.807) is 24.3 Å². The standard InChI is InChI=1S/C20H14BrF6N5O2/c21-13-3-1-2-12(10-13)16(11-32-9-8-17(31-32)19(22,23)24)29-30-18(33)28-14-4-6-15(7-5-14)34-20(25,26)27/h1-10H,11H2,(H2,28,30,33)/b29-16-. The first kappa shape index (κ1) is 25.1. The summed E-state index contributed by atoms with van der Waals surface area (Å²) < 4.78 is 80.6. The molecule has 3 rings (SSSR count). The van der Waals surface area contributed by atoms with E-state index in [2.05, 4.69) is 41.6 Å². The lowest BCUT2D eigenvalue weighted by atomic mass is 10.1. The number of carbonyl (C=O) groups excluding carboxylic acids is 1. The Hall–Kier alpha value is -3.55. The van der Waals surface area contributed by atoms with Crippen LogP contribution < -0.4 is 15.5 Å². The molecule has 1 aromatic heterocycles. The number of rotatable bonds is 6. The van der Waals surface area contributed by atoms with Crippen LogP contribution in [0.1, 0.15) is 11.3 Å². The summed E-state index contributed by atoms with van der Waals surface area (Å²) >= 11 is 3.29. The number of nitrogens with one attached hydrogen (secondary N) is 2. The van der Waals surface area contributed by atoms with Gasteiger partial charge in [-0.15, -0.1) is 13.2 Å². The predicted octanol–water partition coefficient (Wildman–Crippen LogP) is 5.79. The molecule has 1 heterocycles. The highest BCUT2D eigenvalue weighted by atomic mass is 79.9. The number of aromatic nitrogens is 2. The maximum Gasteiger partial charge on any atom is 0.573 e. The molecule has 2 amide bonds. The molecule has 0 aliphatic heterocycles. The van der Waals surface area contributed by atoms with E-state index < -0.39 is 30.0 Å². The Morgan fingerprint density at radius 1 is 1.06 bits per heavy atom. The maximum atomic E-state index is 12.8. The van der Waals surface area contributed by atoms with Crippen LogP contribution >= 0.6 is 15.9 Å². The minimum Gasteiger partial charge on any atom is -0.406 e. The third kappa shape index (κ3) is 7.50. The number of benzene rings is 2. The second kappa shape index (κ2) is 10.2. The summed E-state index contributed by atoms with van der Waals surface area (Å²) in [5, 5.41) is 9.82. The van der Waals surface area contributed by atoms with E-state index in [1.807, 2.05) is 0 Å². The number of amides is 2. The fraction of sp³-hybridized carbons (Fsp3) is 0.150. The highest BCUT2D eigenvalue weighted by molar-refractivity contribution is 9.10. The van der Waals surface area contributed by atoms with Crippen molar-refractivity contribution in [3.8, 4) is 5.75 Å². The van der Waals surface area contributed by atoms with Gasteiger partial charge in [0.15, 0.2) is 5.69 Å². The van der Waals surface area contributed by atoms with Gasteiger partial charge in [-0.05, 0) is 42.5 Å². The molecule has 0 spiro atoms. The Labute approximate surface area is 196 Å². The lowest BCUT2D eigenvalue weighted by Gasteiger charge is -2.11. The lowest BCUT2D eigenvalue weighted by Crippen LogP contribution is -2.27. The molecule has 180 valence electrons. The molecule has 0 radical (unpaired) electrons. The van der Waals surface area contributed by atoms with Gasteiger partial charge in [-0.25, -0.2) is 10.2 Å². The number of hydrazone groups is 1. The minimum absolute atomic E-state index is 0.146. The van der Waals surface area contributed by atoms with Crippen LogP contribution in [0.15, 0.2) is 70.4 Å². The number of anilines is 1. The minimum atomic E-state index is -4.85. The molecule has 0 atom stereocenters. The van der Waals surface area contributed by atoms with E-state index in [1.165, 1.54) is 12.1 Å². The second-order valence-electron chi connectivity index (χ2n) is 6.60. The van der Waals surface area contributed by atoms with Crippen LogP contribution in [0.5, 0.6) is 5.75 Å². The topological polar surface area (TPSA) is 80.5 Å². The number of hydrogen-bond acceptors (Lipinski definition) is 4. The number of alkyl halides is 6. The van der Waals surface area contributed by atoms with Crippen LogP contribution in [0.4, 0.5) is 36.8 Å². The molecule has 0 aliphatic carbocycles. The van der Waals surface area contributed by atoms with Crippen molar-refractivity contribution in [3.05, 3.63) is 76.5 Å². The van der Waals surface area contributed by atoms with Crippen molar-refractivity contribution in [2.75, 3.05) is 5.32 Å². The van der Waals surface area contributed by atoms with Gasteiger partial charge in [-0.1, -0.05) is 28.1 Å². The van der Waals surface area contributed by atoms with Crippen LogP contribution in [-0.2, 0) is 12.7 Å². The molecular formula is C20H14BrF6N5O2. The van der Waals surface area contributed by atoms with Crippen molar-refractivity contribution in [2.45, 2.75) is 19.1 Å². The largest absolute Gasteiger partial charge is 0.573 e. The Balaban J connectivity index is 1.73. The molecule has 2 N–H and O–H groups in total. The summed E-state index contributed by atoms with van der Waals surface area (Å²) in [4.78, 5) is 12.2. The van der Waals surface area contributed by atoms with Gasteiger partial charge in [-0.2, -0.15) is 23.4 Å². The zero-order chi connectivity index (χ0) is 24.9. The molecule has 0 fully saturated rings. The predicted molar refractivity (Wildman–Crippen MR) is 113 cm³/mol. The first-order valence-electron chi connectivity index (χ1n) is 9.25. The molecule has 3 aromatic rings. The van der Waals surface area contributed by atoms with Crippen molar-refractivity contribution in [1.82, 2.24) is 15.2 Å². The fourth-order valence-corrected chi connectivity index (χ4v) is 3.03. The van der Waals surface area contributed by atoms with Crippen LogP contribution in [0.3, 0.4) is 0 Å². The number of carbonyl (C=O) groups is 1. The Morgan fingerprint density at radius 2 is 1.76 bits per heavy atom. The molecule has 7 nitrogen and oxygen atoms in total. The summed E-state index contributed by atoms with van der Waals surface area (Å²) in [6, 6.07) is 11.0. The van der Waals surface area contributed by atoms with Crippen LogP contribution in [-0.4, -0.2) is 27.9 Å². The summed E-state index contributed by atoms with van der Waals surface area (Å²) in [7, 11) is 0. The molecule has 0 saturated carbocycles. The van der Waals surface area contributed by atoms with Crippen molar-refractivity contribution in [1.29, 1.82) is 0 Å². The van der Waals surface area contributed by atoms with Crippen molar-refractivity contribution >= 4 is 33.4 Å². The first-order chi connectivity index (χ1) is 15.9. The average Bonchev–Trinajstić information content (AvgIpc) is 3.21. The van der Waals surface area contributed by atoms with Gasteiger partial charge >= 0.3 is 18.6 Å². The molecule has 0 bridgehead atoms. The van der Waals surface area contributed by atoms with Crippen molar-refractivity contribution < 1.29 is 35.9 Å². The molecular weight excluding hydrogens is 536 g/mol. The summed E-state index contributed by atoms with van der Waals surface area (Å²) in [5.41, 5.74) is 1.95. The number of urea groups is 1. The highest BCUT2D eigenvalue weighted by Crippen LogP contribution is 2.27. The van der Waals surface area contributed by atoms with Gasteiger partial charge in [0.25, 0.3) is 0 Å². The third-order valence-electron chi connectivity index (χ3n) is 4.04. The zero-order valence-corrected chi connectivity index (χ0v) is 18.4. The molecule has 14 heteroatoms. The summed E-state index contributed by atoms with van der Waals surface area (Å²) in [6.45, 7) is -0.198. The van der Waals surface area contributed by atoms with Gasteiger partial charge in [0, 0.05) is 21.9 Å². The monoisotopic (exact) mass is 549 g/mol. The fourth-order valence-electron chi connectivity index (χ4n) is 2.63. The molecule has 34 heavy (non-hydrogen) atoms. The van der Waals surface area contributed by atoms with Gasteiger partial charge in [0.1, 0.15) is 5.75 Å². The number of hydrogen-bond donors (Lipinski definition) is 2. The van der Waals surface area contributed by atoms with Gasteiger partial charge in [0.05, 0.1) is 12.3 Å². The van der Waals surface area contributed by atoms with Gasteiger partial charge < -0.3 is 10.1 Å². The van der Waals surface area contributed by atoms with E-state index in [4.69, 9.17) is 0 Å². The van der Waals surface area contributed by atoms with Gasteiger partial charge in [0.2, 0.25) is 0 Å². The number of ether oxygens (including phenoxy) is 1. The third-order valence-corrected chi connectivity index (χ3v) is 4.53. The Bertz CT molecular complexity index is 1180. The Kier molecular flexibility index (Phi) is 7.49. The summed E-state index contributed by atoms with van der Waals surface area (Å²) in [5.74, 6) is -0.467. The molecule has 0 saturated heterocycles. The normalized spacial score (nSPS) is 12.4. The molecule has 2 aromatic carbocycles. The van der Waals surface area contributed by atoms with Crippen LogP contribution in [0.25, 0.3) is 0 Å². The van der Waals surface area contributed by atoms with Crippen LogP contribution in [0.2, 0.25) is 0 Å². The van der Waals surface area contributed by atoms with Crippen LogP contribution in [0, 0.1) is 0 Å². The first-order valence-corrected chi connectivity index (χ1v) is 10.0. The van der Waals surface area contributed by atoms with E-state index in [0.717, 1.165) is 29.1 Å². The van der Waals surface area contributed by atoms with E-state index >= 15 is 0 Å². The highest BCUT2D eigenvalue weighted by Gasteiger charge is 2.33. The summed E-state index contributed by atoms with van der Waals surface area (Å²) in [6.07, 6.45) is -8.34. The molecule has 0 aliphatic rings.